The molecule has 1 aliphatic rings. The van der Waals surface area contributed by atoms with Gasteiger partial charge >= 0.3 is 0 Å². The molecule has 1 aromatic rings. The average molecular weight is 235 g/mol. The quantitative estimate of drug-likeness (QED) is 0.857. The van der Waals surface area contributed by atoms with Crippen molar-refractivity contribution in [3.05, 3.63) is 35.6 Å². The molecule has 0 bridgehead atoms. The van der Waals surface area contributed by atoms with Gasteiger partial charge in [0, 0.05) is 12.1 Å². The maximum absolute atomic E-state index is 12.7. The lowest BCUT2D eigenvalue weighted by Crippen LogP contribution is -2.40. The van der Waals surface area contributed by atoms with Crippen LogP contribution in [0, 0.1) is 17.2 Å². The van der Waals surface area contributed by atoms with E-state index in [1.54, 1.807) is 0 Å². The second kappa shape index (κ2) is 4.47. The highest BCUT2D eigenvalue weighted by molar-refractivity contribution is 5.94. The second-order valence-corrected chi connectivity index (χ2v) is 5.66. The third kappa shape index (κ3) is 3.05. The molecule has 0 spiro atoms. The first-order valence-corrected chi connectivity index (χ1v) is 6.00. The van der Waals surface area contributed by atoms with Crippen molar-refractivity contribution >= 4 is 5.91 Å². The van der Waals surface area contributed by atoms with Gasteiger partial charge in [-0.3, -0.25) is 4.79 Å². The fraction of sp³-hybridized carbons (Fsp3) is 0.500. The van der Waals surface area contributed by atoms with E-state index in [0.717, 1.165) is 19.4 Å². The maximum Gasteiger partial charge on any atom is 0.251 e. The summed E-state index contributed by atoms with van der Waals surface area (Å²) in [4.78, 5) is 11.7. The number of nitrogens with one attached hydrogen (secondary N) is 1. The summed E-state index contributed by atoms with van der Waals surface area (Å²) >= 11 is 0. The van der Waals surface area contributed by atoms with E-state index in [4.69, 9.17) is 0 Å². The monoisotopic (exact) mass is 235 g/mol. The van der Waals surface area contributed by atoms with Crippen LogP contribution in [0.25, 0.3) is 0 Å². The number of rotatable bonds is 3. The first-order chi connectivity index (χ1) is 7.96. The number of halogens is 1. The minimum absolute atomic E-state index is 0.116. The molecular formula is C14H18FNO. The molecule has 0 radical (unpaired) electrons. The van der Waals surface area contributed by atoms with E-state index in [-0.39, 0.29) is 11.7 Å². The summed E-state index contributed by atoms with van der Waals surface area (Å²) in [7, 11) is 0. The molecule has 1 amide bonds. The Morgan fingerprint density at radius 2 is 1.94 bits per heavy atom. The van der Waals surface area contributed by atoms with Crippen molar-refractivity contribution in [2.45, 2.75) is 26.7 Å². The Bertz CT molecular complexity index is 403. The van der Waals surface area contributed by atoms with E-state index >= 15 is 0 Å². The van der Waals surface area contributed by atoms with E-state index in [9.17, 15) is 9.18 Å². The van der Waals surface area contributed by atoms with Crippen LogP contribution < -0.4 is 5.32 Å². The van der Waals surface area contributed by atoms with Gasteiger partial charge in [0.15, 0.2) is 0 Å². The molecule has 1 aliphatic carbocycles. The summed E-state index contributed by atoms with van der Waals surface area (Å²) in [6, 6.07) is 5.63. The number of benzene rings is 1. The van der Waals surface area contributed by atoms with Gasteiger partial charge in [-0.15, -0.1) is 0 Å². The van der Waals surface area contributed by atoms with Crippen molar-refractivity contribution in [3.63, 3.8) is 0 Å². The molecule has 0 atom stereocenters. The predicted octanol–water partition coefficient (Wildman–Crippen LogP) is 2.99. The average Bonchev–Trinajstić information content (AvgIpc) is 2.24. The zero-order chi connectivity index (χ0) is 12.5. The molecule has 0 heterocycles. The standard InChI is InChI=1S/C14H18FNO/c1-14(2)7-10(8-14)9-16-13(17)11-3-5-12(15)6-4-11/h3-6,10H,7-9H2,1-2H3,(H,16,17). The highest BCUT2D eigenvalue weighted by Crippen LogP contribution is 2.44. The summed E-state index contributed by atoms with van der Waals surface area (Å²) in [5.74, 6) is 0.159. The number of hydrogen-bond acceptors (Lipinski definition) is 1. The summed E-state index contributed by atoms with van der Waals surface area (Å²) in [6.45, 7) is 5.20. The number of carbonyl (C=O) groups is 1. The van der Waals surface area contributed by atoms with Gasteiger partial charge in [-0.05, 0) is 48.4 Å². The van der Waals surface area contributed by atoms with Gasteiger partial charge in [0.25, 0.3) is 5.91 Å². The lowest BCUT2D eigenvalue weighted by atomic mass is 9.64. The van der Waals surface area contributed by atoms with Crippen LogP contribution in [0.1, 0.15) is 37.0 Å². The summed E-state index contributed by atoms with van der Waals surface area (Å²) < 4.78 is 12.7. The van der Waals surface area contributed by atoms with E-state index in [0.29, 0.717) is 16.9 Å². The van der Waals surface area contributed by atoms with Crippen LogP contribution in [0.3, 0.4) is 0 Å². The van der Waals surface area contributed by atoms with Crippen LogP contribution in [0.15, 0.2) is 24.3 Å². The second-order valence-electron chi connectivity index (χ2n) is 5.66. The van der Waals surface area contributed by atoms with Gasteiger partial charge < -0.3 is 5.32 Å². The van der Waals surface area contributed by atoms with Crippen molar-refractivity contribution in [1.29, 1.82) is 0 Å². The van der Waals surface area contributed by atoms with Gasteiger partial charge in [0.05, 0.1) is 0 Å². The molecule has 2 rings (SSSR count). The molecule has 0 unspecified atom stereocenters. The topological polar surface area (TPSA) is 29.1 Å². The molecule has 17 heavy (non-hydrogen) atoms. The molecule has 3 heteroatoms. The molecule has 2 nitrogen and oxygen atoms in total. The summed E-state index contributed by atoms with van der Waals surface area (Å²) in [6.07, 6.45) is 2.33. The minimum Gasteiger partial charge on any atom is -0.352 e. The van der Waals surface area contributed by atoms with Gasteiger partial charge in [0.1, 0.15) is 5.82 Å². The predicted molar refractivity (Wildman–Crippen MR) is 65.2 cm³/mol. The molecule has 0 aliphatic heterocycles. The number of amides is 1. The lowest BCUT2D eigenvalue weighted by molar-refractivity contribution is 0.0807. The molecule has 1 saturated carbocycles. The zero-order valence-electron chi connectivity index (χ0n) is 10.3. The Labute approximate surface area is 101 Å². The Kier molecular flexibility index (Phi) is 3.18. The van der Waals surface area contributed by atoms with E-state index in [1.165, 1.54) is 24.3 Å². The van der Waals surface area contributed by atoms with E-state index in [2.05, 4.69) is 19.2 Å². The largest absolute Gasteiger partial charge is 0.352 e. The van der Waals surface area contributed by atoms with Gasteiger partial charge in [-0.2, -0.15) is 0 Å². The third-order valence-corrected chi connectivity index (χ3v) is 3.34. The SMILES string of the molecule is CC1(C)CC(CNC(=O)c2ccc(F)cc2)C1. The minimum atomic E-state index is -0.317. The summed E-state index contributed by atoms with van der Waals surface area (Å²) in [5.41, 5.74) is 0.954. The number of hydrogen-bond donors (Lipinski definition) is 1. The molecular weight excluding hydrogens is 217 g/mol. The fourth-order valence-corrected chi connectivity index (χ4v) is 2.59. The summed E-state index contributed by atoms with van der Waals surface area (Å²) in [5, 5.41) is 2.90. The van der Waals surface area contributed by atoms with E-state index in [1.807, 2.05) is 0 Å². The Morgan fingerprint density at radius 3 is 2.47 bits per heavy atom. The van der Waals surface area contributed by atoms with Crippen molar-refractivity contribution in [3.8, 4) is 0 Å². The van der Waals surface area contributed by atoms with Crippen LogP contribution in [0.2, 0.25) is 0 Å². The molecule has 0 aromatic heterocycles. The first kappa shape index (κ1) is 12.1. The van der Waals surface area contributed by atoms with E-state index < -0.39 is 0 Å². The van der Waals surface area contributed by atoms with Crippen LogP contribution in [0.5, 0.6) is 0 Å². The van der Waals surface area contributed by atoms with Gasteiger partial charge in [-0.1, -0.05) is 13.8 Å². The van der Waals surface area contributed by atoms with Crippen LogP contribution in [0.4, 0.5) is 4.39 Å². The van der Waals surface area contributed by atoms with Crippen LogP contribution in [-0.2, 0) is 0 Å². The number of carbonyl (C=O) groups excluding carboxylic acids is 1. The van der Waals surface area contributed by atoms with Gasteiger partial charge in [-0.25, -0.2) is 4.39 Å². The Morgan fingerprint density at radius 1 is 1.35 bits per heavy atom. The third-order valence-electron chi connectivity index (χ3n) is 3.34. The van der Waals surface area contributed by atoms with Gasteiger partial charge in [0.2, 0.25) is 0 Å². The molecule has 0 saturated heterocycles. The normalized spacial score (nSPS) is 18.5. The van der Waals surface area contributed by atoms with Crippen molar-refractivity contribution < 1.29 is 9.18 Å². The maximum atomic E-state index is 12.7. The van der Waals surface area contributed by atoms with Crippen molar-refractivity contribution in [1.82, 2.24) is 5.32 Å². The Hall–Kier alpha value is -1.38. The highest BCUT2D eigenvalue weighted by Gasteiger charge is 2.35. The highest BCUT2D eigenvalue weighted by atomic mass is 19.1. The zero-order valence-corrected chi connectivity index (χ0v) is 10.3. The van der Waals surface area contributed by atoms with Crippen LogP contribution >= 0.6 is 0 Å². The van der Waals surface area contributed by atoms with Crippen LogP contribution in [-0.4, -0.2) is 12.5 Å². The smallest absolute Gasteiger partial charge is 0.251 e. The Balaban J connectivity index is 1.80. The van der Waals surface area contributed by atoms with Crippen molar-refractivity contribution in [2.24, 2.45) is 11.3 Å². The van der Waals surface area contributed by atoms with Crippen molar-refractivity contribution in [2.75, 3.05) is 6.54 Å². The molecule has 1 N–H and O–H groups in total. The molecule has 1 aromatic carbocycles. The fourth-order valence-electron chi connectivity index (χ4n) is 2.59. The molecule has 1 fully saturated rings. The first-order valence-electron chi connectivity index (χ1n) is 6.00. The molecule has 92 valence electrons. The lowest BCUT2D eigenvalue weighted by Gasteiger charge is -2.42.